The summed E-state index contributed by atoms with van der Waals surface area (Å²) in [6, 6.07) is 13.6. The number of hydrogen-bond acceptors (Lipinski definition) is 6. The van der Waals surface area contributed by atoms with Crippen molar-refractivity contribution in [1.82, 2.24) is 9.21 Å². The largest absolute Gasteiger partial charge is 0.486 e. The number of benzene rings is 2. The summed E-state index contributed by atoms with van der Waals surface area (Å²) in [5.74, 6) is 0.903. The van der Waals surface area contributed by atoms with E-state index in [1.165, 1.54) is 10.4 Å². The highest BCUT2D eigenvalue weighted by molar-refractivity contribution is 7.89. The van der Waals surface area contributed by atoms with Gasteiger partial charge in [-0.3, -0.25) is 9.69 Å². The molecule has 1 atom stereocenters. The second kappa shape index (κ2) is 8.63. The van der Waals surface area contributed by atoms with E-state index in [1.54, 1.807) is 12.1 Å². The third kappa shape index (κ3) is 4.28. The van der Waals surface area contributed by atoms with Crippen molar-refractivity contribution in [2.45, 2.75) is 17.9 Å². The van der Waals surface area contributed by atoms with E-state index < -0.39 is 10.0 Å². The Morgan fingerprint density at radius 3 is 2.33 bits per heavy atom. The highest BCUT2D eigenvalue weighted by Crippen LogP contribution is 2.33. The normalized spacial score (nSPS) is 18.6. The first-order valence-corrected chi connectivity index (χ1v) is 11.4. The molecule has 0 aliphatic carbocycles. The second-order valence-electron chi connectivity index (χ2n) is 7.28. The molecule has 1 unspecified atom stereocenters. The second-order valence-corrected chi connectivity index (χ2v) is 9.21. The number of nitrogens with one attached hydrogen (secondary N) is 1. The number of anilines is 1. The Kier molecular flexibility index (Phi) is 5.94. The van der Waals surface area contributed by atoms with E-state index >= 15 is 0 Å². The third-order valence-electron chi connectivity index (χ3n) is 5.39. The molecule has 1 N–H and O–H groups in total. The molecule has 0 bridgehead atoms. The maximum absolute atomic E-state index is 13.1. The van der Waals surface area contributed by atoms with Gasteiger partial charge in [-0.15, -0.1) is 0 Å². The molecule has 9 heteroatoms. The van der Waals surface area contributed by atoms with Crippen LogP contribution in [0.15, 0.2) is 53.4 Å². The molecule has 1 fully saturated rings. The number of amides is 1. The topological polar surface area (TPSA) is 88.2 Å². The number of nitrogens with zero attached hydrogens (tertiary/aromatic N) is 2. The van der Waals surface area contributed by atoms with Gasteiger partial charge < -0.3 is 14.8 Å². The minimum Gasteiger partial charge on any atom is -0.486 e. The summed E-state index contributed by atoms with van der Waals surface area (Å²) in [5, 5.41) is 2.90. The molecule has 0 saturated carbocycles. The molecular weight excluding hydrogens is 406 g/mol. The molecule has 2 aromatic carbocycles. The maximum Gasteiger partial charge on any atom is 0.243 e. The summed E-state index contributed by atoms with van der Waals surface area (Å²) in [5.41, 5.74) is 0.745. The van der Waals surface area contributed by atoms with Crippen LogP contribution in [0.2, 0.25) is 0 Å². The van der Waals surface area contributed by atoms with Crippen LogP contribution in [-0.4, -0.2) is 69.0 Å². The van der Waals surface area contributed by atoms with Gasteiger partial charge in [-0.05, 0) is 31.2 Å². The van der Waals surface area contributed by atoms with Crippen LogP contribution in [0.3, 0.4) is 0 Å². The summed E-state index contributed by atoms with van der Waals surface area (Å²) < 4.78 is 38.5. The zero-order valence-corrected chi connectivity index (χ0v) is 17.6. The van der Waals surface area contributed by atoms with E-state index in [1.807, 2.05) is 42.2 Å². The quantitative estimate of drug-likeness (QED) is 0.777. The highest BCUT2D eigenvalue weighted by atomic mass is 32.2. The Hall–Kier alpha value is -2.62. The van der Waals surface area contributed by atoms with Crippen molar-refractivity contribution in [1.29, 1.82) is 0 Å². The van der Waals surface area contributed by atoms with Crippen LogP contribution in [0.1, 0.15) is 6.92 Å². The minimum atomic E-state index is -3.64. The van der Waals surface area contributed by atoms with Gasteiger partial charge in [0.05, 0.1) is 10.9 Å². The monoisotopic (exact) mass is 431 g/mol. The summed E-state index contributed by atoms with van der Waals surface area (Å²) in [7, 11) is -3.64. The molecule has 2 aliphatic rings. The number of hydrogen-bond donors (Lipinski definition) is 1. The molecule has 1 amide bonds. The lowest BCUT2D eigenvalue weighted by Gasteiger charge is -2.36. The molecule has 1 saturated heterocycles. The van der Waals surface area contributed by atoms with E-state index in [0.29, 0.717) is 50.9 Å². The number of para-hydroxylation sites is 1. The Balaban J connectivity index is 1.38. The van der Waals surface area contributed by atoms with E-state index in [0.717, 1.165) is 5.69 Å². The first-order valence-electron chi connectivity index (χ1n) is 9.95. The van der Waals surface area contributed by atoms with Gasteiger partial charge in [0.2, 0.25) is 15.9 Å². The molecular formula is C21H25N3O5S. The SMILES string of the molecule is CC(C(=O)Nc1ccccc1)N1CCN(S(=O)(=O)c2ccc3c(c2)OCCO3)CC1. The fourth-order valence-electron chi connectivity index (χ4n) is 3.60. The van der Waals surface area contributed by atoms with E-state index in [2.05, 4.69) is 5.32 Å². The van der Waals surface area contributed by atoms with Crippen molar-refractivity contribution in [2.75, 3.05) is 44.7 Å². The number of carbonyl (C=O) groups excluding carboxylic acids is 1. The van der Waals surface area contributed by atoms with Crippen molar-refractivity contribution in [3.63, 3.8) is 0 Å². The number of fused-ring (bicyclic) bond motifs is 1. The van der Waals surface area contributed by atoms with Crippen molar-refractivity contribution in [2.24, 2.45) is 0 Å². The van der Waals surface area contributed by atoms with Crippen LogP contribution in [-0.2, 0) is 14.8 Å². The van der Waals surface area contributed by atoms with E-state index in [4.69, 9.17) is 9.47 Å². The summed E-state index contributed by atoms with van der Waals surface area (Å²) in [6.45, 7) is 4.29. The predicted octanol–water partition coefficient (Wildman–Crippen LogP) is 1.79. The van der Waals surface area contributed by atoms with Crippen molar-refractivity contribution in [3.8, 4) is 11.5 Å². The number of ether oxygens (including phenoxy) is 2. The average molecular weight is 432 g/mol. The number of carbonyl (C=O) groups is 1. The van der Waals surface area contributed by atoms with Crippen LogP contribution >= 0.6 is 0 Å². The van der Waals surface area contributed by atoms with Crippen LogP contribution in [0.4, 0.5) is 5.69 Å². The zero-order valence-electron chi connectivity index (χ0n) is 16.8. The molecule has 2 heterocycles. The van der Waals surface area contributed by atoms with Gasteiger partial charge in [-0.2, -0.15) is 4.31 Å². The van der Waals surface area contributed by atoms with Crippen molar-refractivity contribution < 1.29 is 22.7 Å². The Morgan fingerprint density at radius 2 is 1.63 bits per heavy atom. The van der Waals surface area contributed by atoms with Crippen LogP contribution in [0, 0.1) is 0 Å². The van der Waals surface area contributed by atoms with Gasteiger partial charge in [0.15, 0.2) is 11.5 Å². The lowest BCUT2D eigenvalue weighted by atomic mass is 10.2. The molecule has 0 spiro atoms. The number of piperazine rings is 1. The standard InChI is InChI=1S/C21H25N3O5S/c1-16(21(25)22-17-5-3-2-4-6-17)23-9-11-24(12-10-23)30(26,27)18-7-8-19-20(15-18)29-14-13-28-19/h2-8,15-16H,9-14H2,1H3,(H,22,25). The first kappa shape index (κ1) is 20.6. The minimum absolute atomic E-state index is 0.107. The lowest BCUT2D eigenvalue weighted by molar-refractivity contribution is -0.121. The van der Waals surface area contributed by atoms with Crippen molar-refractivity contribution in [3.05, 3.63) is 48.5 Å². The lowest BCUT2D eigenvalue weighted by Crippen LogP contribution is -2.53. The average Bonchev–Trinajstić information content (AvgIpc) is 2.79. The molecule has 30 heavy (non-hydrogen) atoms. The first-order chi connectivity index (χ1) is 14.4. The Bertz CT molecular complexity index is 1000. The van der Waals surface area contributed by atoms with Gasteiger partial charge in [0.25, 0.3) is 0 Å². The van der Waals surface area contributed by atoms with Gasteiger partial charge in [-0.1, -0.05) is 18.2 Å². The highest BCUT2D eigenvalue weighted by Gasteiger charge is 2.32. The number of sulfonamides is 1. The molecule has 4 rings (SSSR count). The van der Waals surface area contributed by atoms with Gasteiger partial charge in [0.1, 0.15) is 13.2 Å². The molecule has 160 valence electrons. The Morgan fingerprint density at radius 1 is 0.967 bits per heavy atom. The van der Waals surface area contributed by atoms with Gasteiger partial charge in [-0.25, -0.2) is 8.42 Å². The summed E-state index contributed by atoms with van der Waals surface area (Å²) in [6.07, 6.45) is 0. The molecule has 0 radical (unpaired) electrons. The Labute approximate surface area is 176 Å². The maximum atomic E-state index is 13.1. The van der Waals surface area contributed by atoms with E-state index in [9.17, 15) is 13.2 Å². The van der Waals surface area contributed by atoms with E-state index in [-0.39, 0.29) is 16.8 Å². The fourth-order valence-corrected chi connectivity index (χ4v) is 5.04. The zero-order chi connectivity index (χ0) is 21.1. The third-order valence-corrected chi connectivity index (χ3v) is 7.29. The summed E-state index contributed by atoms with van der Waals surface area (Å²) >= 11 is 0. The van der Waals surface area contributed by atoms with Gasteiger partial charge >= 0.3 is 0 Å². The fraction of sp³-hybridized carbons (Fsp3) is 0.381. The molecule has 2 aromatic rings. The predicted molar refractivity (Wildman–Crippen MR) is 112 cm³/mol. The van der Waals surface area contributed by atoms with Crippen LogP contribution in [0.25, 0.3) is 0 Å². The van der Waals surface area contributed by atoms with Crippen LogP contribution in [0.5, 0.6) is 11.5 Å². The molecule has 8 nitrogen and oxygen atoms in total. The van der Waals surface area contributed by atoms with Crippen molar-refractivity contribution >= 4 is 21.6 Å². The summed E-state index contributed by atoms with van der Waals surface area (Å²) in [4.78, 5) is 14.7. The molecule has 0 aromatic heterocycles. The van der Waals surface area contributed by atoms with Gasteiger partial charge in [0, 0.05) is 37.9 Å². The smallest absolute Gasteiger partial charge is 0.243 e. The molecule has 2 aliphatic heterocycles. The van der Waals surface area contributed by atoms with Crippen LogP contribution < -0.4 is 14.8 Å². The number of rotatable bonds is 5.